The Morgan fingerprint density at radius 2 is 1.79 bits per heavy atom. The lowest BCUT2D eigenvalue weighted by molar-refractivity contribution is 0.0989. The van der Waals surface area contributed by atoms with Crippen molar-refractivity contribution in [2.75, 3.05) is 0 Å². The standard InChI is InChI=1S/C14H8BrF3O/c15-14-8(2-1-3-11(14)17)6-13(19)10-5-4-9(16)7-12(10)18/h1-5,7H,6H2. The van der Waals surface area contributed by atoms with Gasteiger partial charge in [0.1, 0.15) is 17.5 Å². The third-order valence-corrected chi connectivity index (χ3v) is 3.50. The molecule has 0 aliphatic heterocycles. The van der Waals surface area contributed by atoms with E-state index in [1.165, 1.54) is 12.1 Å². The first kappa shape index (κ1) is 13.8. The van der Waals surface area contributed by atoms with Gasteiger partial charge < -0.3 is 0 Å². The molecule has 2 aromatic rings. The van der Waals surface area contributed by atoms with Crippen molar-refractivity contribution in [1.29, 1.82) is 0 Å². The van der Waals surface area contributed by atoms with Crippen molar-refractivity contribution >= 4 is 21.7 Å². The zero-order valence-corrected chi connectivity index (χ0v) is 11.2. The van der Waals surface area contributed by atoms with Gasteiger partial charge in [-0.1, -0.05) is 12.1 Å². The second-order valence-corrected chi connectivity index (χ2v) is 4.73. The molecule has 0 atom stereocenters. The highest BCUT2D eigenvalue weighted by Gasteiger charge is 2.15. The summed E-state index contributed by atoms with van der Waals surface area (Å²) in [5, 5.41) is 0. The van der Waals surface area contributed by atoms with Gasteiger partial charge in [-0.2, -0.15) is 0 Å². The first-order valence-electron chi connectivity index (χ1n) is 5.40. The minimum absolute atomic E-state index is 0.166. The number of Topliss-reactive ketones (excluding diaryl/α,β-unsaturated/α-hetero) is 1. The molecule has 0 unspecified atom stereocenters. The van der Waals surface area contributed by atoms with Gasteiger partial charge in [-0.05, 0) is 39.7 Å². The molecule has 0 heterocycles. The van der Waals surface area contributed by atoms with Crippen LogP contribution in [0.5, 0.6) is 0 Å². The van der Waals surface area contributed by atoms with Crippen molar-refractivity contribution in [2.24, 2.45) is 0 Å². The summed E-state index contributed by atoms with van der Waals surface area (Å²) in [5.41, 5.74) is 0.200. The Hall–Kier alpha value is -1.62. The highest BCUT2D eigenvalue weighted by molar-refractivity contribution is 9.10. The molecule has 19 heavy (non-hydrogen) atoms. The molecule has 0 aliphatic rings. The van der Waals surface area contributed by atoms with Crippen LogP contribution >= 0.6 is 15.9 Å². The Bertz CT molecular complexity index is 641. The Morgan fingerprint density at radius 1 is 1.05 bits per heavy atom. The molecular formula is C14H8BrF3O. The molecule has 0 radical (unpaired) electrons. The number of carbonyl (C=O) groups is 1. The lowest BCUT2D eigenvalue weighted by atomic mass is 10.0. The number of hydrogen-bond acceptors (Lipinski definition) is 1. The third-order valence-electron chi connectivity index (χ3n) is 2.61. The molecule has 0 saturated carbocycles. The van der Waals surface area contributed by atoms with Crippen LogP contribution in [0.15, 0.2) is 40.9 Å². The van der Waals surface area contributed by atoms with Gasteiger partial charge >= 0.3 is 0 Å². The number of hydrogen-bond donors (Lipinski definition) is 0. The number of benzene rings is 2. The van der Waals surface area contributed by atoms with Crippen molar-refractivity contribution in [3.8, 4) is 0 Å². The maximum Gasteiger partial charge on any atom is 0.170 e. The minimum atomic E-state index is -0.919. The van der Waals surface area contributed by atoms with Crippen molar-refractivity contribution in [2.45, 2.75) is 6.42 Å². The van der Waals surface area contributed by atoms with Gasteiger partial charge in [-0.25, -0.2) is 13.2 Å². The average Bonchev–Trinajstić information content (AvgIpc) is 2.34. The Balaban J connectivity index is 2.28. The van der Waals surface area contributed by atoms with E-state index in [2.05, 4.69) is 15.9 Å². The molecule has 0 fully saturated rings. The molecule has 5 heteroatoms. The van der Waals surface area contributed by atoms with Crippen LogP contribution in [0.4, 0.5) is 13.2 Å². The van der Waals surface area contributed by atoms with E-state index in [0.29, 0.717) is 11.6 Å². The summed E-state index contributed by atoms with van der Waals surface area (Å²) in [6.45, 7) is 0. The Morgan fingerprint density at radius 3 is 2.47 bits per heavy atom. The largest absolute Gasteiger partial charge is 0.294 e. The minimum Gasteiger partial charge on any atom is -0.294 e. The van der Waals surface area contributed by atoms with Crippen molar-refractivity contribution in [1.82, 2.24) is 0 Å². The molecule has 2 rings (SSSR count). The van der Waals surface area contributed by atoms with Crippen LogP contribution in [0.1, 0.15) is 15.9 Å². The molecule has 2 aromatic carbocycles. The monoisotopic (exact) mass is 328 g/mol. The van der Waals surface area contributed by atoms with Crippen LogP contribution in [0.25, 0.3) is 0 Å². The van der Waals surface area contributed by atoms with Crippen molar-refractivity contribution in [3.63, 3.8) is 0 Å². The normalized spacial score (nSPS) is 10.5. The SMILES string of the molecule is O=C(Cc1cccc(F)c1Br)c1ccc(F)cc1F. The molecule has 0 spiro atoms. The lowest BCUT2D eigenvalue weighted by Crippen LogP contribution is -2.07. The van der Waals surface area contributed by atoms with E-state index in [4.69, 9.17) is 0 Å². The van der Waals surface area contributed by atoms with Crippen molar-refractivity contribution < 1.29 is 18.0 Å². The summed E-state index contributed by atoms with van der Waals surface area (Å²) in [4.78, 5) is 11.9. The predicted molar refractivity (Wildman–Crippen MR) is 68.5 cm³/mol. The summed E-state index contributed by atoms with van der Waals surface area (Å²) in [6.07, 6.45) is -0.166. The van der Waals surface area contributed by atoms with Gasteiger partial charge in [0.15, 0.2) is 5.78 Å². The predicted octanol–water partition coefficient (Wildman–Crippen LogP) is 4.29. The lowest BCUT2D eigenvalue weighted by Gasteiger charge is -2.06. The van der Waals surface area contributed by atoms with E-state index < -0.39 is 23.2 Å². The highest BCUT2D eigenvalue weighted by atomic mass is 79.9. The maximum atomic E-state index is 13.4. The summed E-state index contributed by atoms with van der Waals surface area (Å²) in [6, 6.07) is 7.01. The van der Waals surface area contributed by atoms with E-state index in [-0.39, 0.29) is 16.5 Å². The van der Waals surface area contributed by atoms with Gasteiger partial charge in [0.2, 0.25) is 0 Å². The van der Waals surface area contributed by atoms with Gasteiger partial charge in [0.05, 0.1) is 10.0 Å². The van der Waals surface area contributed by atoms with Gasteiger partial charge in [0, 0.05) is 12.5 Å². The second kappa shape index (κ2) is 5.57. The smallest absolute Gasteiger partial charge is 0.170 e. The Kier molecular flexibility index (Phi) is 4.04. The number of ketones is 1. The first-order valence-corrected chi connectivity index (χ1v) is 6.19. The molecule has 0 saturated heterocycles. The quantitative estimate of drug-likeness (QED) is 0.768. The van der Waals surface area contributed by atoms with Crippen LogP contribution in [-0.4, -0.2) is 5.78 Å². The molecule has 1 nitrogen and oxygen atoms in total. The van der Waals surface area contributed by atoms with E-state index >= 15 is 0 Å². The van der Waals surface area contributed by atoms with Gasteiger partial charge in [0.25, 0.3) is 0 Å². The number of rotatable bonds is 3. The fourth-order valence-electron chi connectivity index (χ4n) is 1.67. The van der Waals surface area contributed by atoms with E-state index in [1.807, 2.05) is 0 Å². The van der Waals surface area contributed by atoms with Crippen LogP contribution in [0.2, 0.25) is 0 Å². The summed E-state index contributed by atoms with van der Waals surface area (Å²) in [5.74, 6) is -2.70. The number of halogens is 4. The first-order chi connectivity index (χ1) is 8.99. The fraction of sp³-hybridized carbons (Fsp3) is 0.0714. The van der Waals surface area contributed by atoms with E-state index in [0.717, 1.165) is 12.1 Å². The van der Waals surface area contributed by atoms with Crippen LogP contribution in [0, 0.1) is 17.5 Å². The van der Waals surface area contributed by atoms with Crippen LogP contribution in [0.3, 0.4) is 0 Å². The zero-order chi connectivity index (χ0) is 14.0. The summed E-state index contributed by atoms with van der Waals surface area (Å²) in [7, 11) is 0. The zero-order valence-electron chi connectivity index (χ0n) is 9.59. The molecule has 0 aromatic heterocycles. The van der Waals surface area contributed by atoms with Gasteiger partial charge in [-0.3, -0.25) is 4.79 Å². The van der Waals surface area contributed by atoms with Crippen LogP contribution in [-0.2, 0) is 6.42 Å². The van der Waals surface area contributed by atoms with Crippen molar-refractivity contribution in [3.05, 3.63) is 69.4 Å². The van der Waals surface area contributed by atoms with Crippen LogP contribution < -0.4 is 0 Å². The number of carbonyl (C=O) groups excluding carboxylic acids is 1. The molecule has 0 aliphatic carbocycles. The molecule has 0 amide bonds. The molecule has 0 N–H and O–H groups in total. The highest BCUT2D eigenvalue weighted by Crippen LogP contribution is 2.22. The van der Waals surface area contributed by atoms with Gasteiger partial charge in [-0.15, -0.1) is 0 Å². The topological polar surface area (TPSA) is 17.1 Å². The van der Waals surface area contributed by atoms with E-state index in [1.54, 1.807) is 6.07 Å². The summed E-state index contributed by atoms with van der Waals surface area (Å²) >= 11 is 3.03. The molecule has 0 bridgehead atoms. The Labute approximate surface area is 116 Å². The fourth-order valence-corrected chi connectivity index (χ4v) is 2.07. The van der Waals surface area contributed by atoms with E-state index in [9.17, 15) is 18.0 Å². The molecule has 98 valence electrons. The average molecular weight is 329 g/mol. The third kappa shape index (κ3) is 3.04. The maximum absolute atomic E-state index is 13.4. The second-order valence-electron chi connectivity index (χ2n) is 3.94. The molecular weight excluding hydrogens is 321 g/mol. The summed E-state index contributed by atoms with van der Waals surface area (Å²) < 4.78 is 39.6.